The summed E-state index contributed by atoms with van der Waals surface area (Å²) >= 11 is 0. The summed E-state index contributed by atoms with van der Waals surface area (Å²) in [5, 5.41) is 0. The van der Waals surface area contributed by atoms with Crippen molar-refractivity contribution in [3.8, 4) is 0 Å². The Morgan fingerprint density at radius 2 is 1.55 bits per heavy atom. The standard InChI is InChI=1S/C22H13F2NO4/c23-16-7-3-4-11(18(16)24)10-29-22(28)15-9-8-14-17(19(15)25)21(27)13-6-2-1-5-12(13)20(14)26/h1-9H,10,25H2. The minimum atomic E-state index is -1.11. The van der Waals surface area contributed by atoms with E-state index in [2.05, 4.69) is 0 Å². The Morgan fingerprint density at radius 1 is 0.862 bits per heavy atom. The van der Waals surface area contributed by atoms with E-state index in [0.717, 1.165) is 6.07 Å². The van der Waals surface area contributed by atoms with Crippen LogP contribution in [0.3, 0.4) is 0 Å². The zero-order chi connectivity index (χ0) is 20.7. The quantitative estimate of drug-likeness (QED) is 0.424. The van der Waals surface area contributed by atoms with Gasteiger partial charge in [0.2, 0.25) is 0 Å². The maximum atomic E-state index is 13.7. The number of anilines is 1. The van der Waals surface area contributed by atoms with Crippen LogP contribution in [0.15, 0.2) is 54.6 Å². The van der Waals surface area contributed by atoms with Gasteiger partial charge in [-0.25, -0.2) is 13.6 Å². The van der Waals surface area contributed by atoms with Gasteiger partial charge in [-0.1, -0.05) is 36.4 Å². The number of hydrogen-bond acceptors (Lipinski definition) is 5. The molecule has 7 heteroatoms. The molecule has 0 atom stereocenters. The third-order valence-electron chi connectivity index (χ3n) is 4.74. The maximum Gasteiger partial charge on any atom is 0.340 e. The van der Waals surface area contributed by atoms with E-state index in [0.29, 0.717) is 0 Å². The summed E-state index contributed by atoms with van der Waals surface area (Å²) in [7, 11) is 0. The highest BCUT2D eigenvalue weighted by atomic mass is 19.2. The van der Waals surface area contributed by atoms with Crippen molar-refractivity contribution in [2.75, 3.05) is 5.73 Å². The van der Waals surface area contributed by atoms with Crippen LogP contribution in [-0.4, -0.2) is 17.5 Å². The fourth-order valence-corrected chi connectivity index (χ4v) is 3.27. The number of nitrogens with two attached hydrogens (primary N) is 1. The van der Waals surface area contributed by atoms with Gasteiger partial charge in [0.1, 0.15) is 6.61 Å². The van der Waals surface area contributed by atoms with Crippen molar-refractivity contribution in [2.24, 2.45) is 0 Å². The Bertz CT molecular complexity index is 1200. The van der Waals surface area contributed by atoms with Crippen LogP contribution in [0.25, 0.3) is 0 Å². The molecule has 2 N–H and O–H groups in total. The van der Waals surface area contributed by atoms with Crippen LogP contribution in [0, 0.1) is 11.6 Å². The Morgan fingerprint density at radius 3 is 2.28 bits per heavy atom. The van der Waals surface area contributed by atoms with Crippen molar-refractivity contribution < 1.29 is 27.9 Å². The molecule has 0 bridgehead atoms. The fraction of sp³-hybridized carbons (Fsp3) is 0.0455. The van der Waals surface area contributed by atoms with Crippen LogP contribution in [0.1, 0.15) is 47.8 Å². The van der Waals surface area contributed by atoms with E-state index in [1.807, 2.05) is 0 Å². The van der Waals surface area contributed by atoms with Gasteiger partial charge in [0, 0.05) is 22.3 Å². The molecule has 0 saturated heterocycles. The van der Waals surface area contributed by atoms with Gasteiger partial charge in [-0.05, 0) is 18.2 Å². The SMILES string of the molecule is Nc1c(C(=O)OCc2cccc(F)c2F)ccc2c1C(=O)c1ccccc1C2=O. The Hall–Kier alpha value is -3.87. The first-order valence-corrected chi connectivity index (χ1v) is 8.61. The van der Waals surface area contributed by atoms with Gasteiger partial charge in [0.05, 0.1) is 16.8 Å². The predicted molar refractivity (Wildman–Crippen MR) is 99.6 cm³/mol. The number of carbonyl (C=O) groups is 3. The molecule has 0 spiro atoms. The molecule has 1 aliphatic rings. The molecule has 4 rings (SSSR count). The molecule has 0 saturated carbocycles. The summed E-state index contributed by atoms with van der Waals surface area (Å²) in [5.74, 6) is -3.94. The zero-order valence-corrected chi connectivity index (χ0v) is 14.9. The molecular weight excluding hydrogens is 380 g/mol. The summed E-state index contributed by atoms with van der Waals surface area (Å²) in [4.78, 5) is 37.9. The first-order valence-electron chi connectivity index (χ1n) is 8.61. The van der Waals surface area contributed by atoms with Crippen LogP contribution in [0.2, 0.25) is 0 Å². The van der Waals surface area contributed by atoms with Gasteiger partial charge in [0.15, 0.2) is 23.2 Å². The molecule has 144 valence electrons. The normalized spacial score (nSPS) is 12.3. The van der Waals surface area contributed by atoms with Crippen molar-refractivity contribution in [3.05, 3.63) is 99.6 Å². The molecule has 0 unspecified atom stereocenters. The third kappa shape index (κ3) is 2.97. The number of nitrogen functional groups attached to an aromatic ring is 1. The molecule has 0 aliphatic heterocycles. The summed E-state index contributed by atoms with van der Waals surface area (Å²) in [6.07, 6.45) is 0. The summed E-state index contributed by atoms with van der Waals surface area (Å²) < 4.78 is 32.0. The van der Waals surface area contributed by atoms with Gasteiger partial charge >= 0.3 is 5.97 Å². The van der Waals surface area contributed by atoms with Gasteiger partial charge in [0.25, 0.3) is 0 Å². The first-order chi connectivity index (χ1) is 13.9. The first kappa shape index (κ1) is 18.5. The highest BCUT2D eigenvalue weighted by Crippen LogP contribution is 2.33. The molecule has 0 amide bonds. The number of fused-ring (bicyclic) bond motifs is 2. The second-order valence-electron chi connectivity index (χ2n) is 6.44. The van der Waals surface area contributed by atoms with Gasteiger partial charge in [-0.15, -0.1) is 0 Å². The Kier molecular flexibility index (Phi) is 4.43. The average molecular weight is 393 g/mol. The highest BCUT2D eigenvalue weighted by Gasteiger charge is 2.33. The molecule has 0 aromatic heterocycles. The number of hydrogen-bond donors (Lipinski definition) is 1. The second-order valence-corrected chi connectivity index (χ2v) is 6.44. The van der Waals surface area contributed by atoms with E-state index in [-0.39, 0.29) is 44.9 Å². The lowest BCUT2D eigenvalue weighted by atomic mass is 9.82. The summed E-state index contributed by atoms with van der Waals surface area (Å²) in [5.41, 5.74) is 6.04. The molecular formula is C22H13F2NO4. The number of benzene rings is 3. The van der Waals surface area contributed by atoms with E-state index in [4.69, 9.17) is 10.5 Å². The number of ether oxygens (including phenoxy) is 1. The maximum absolute atomic E-state index is 13.7. The smallest absolute Gasteiger partial charge is 0.340 e. The number of esters is 1. The van der Waals surface area contributed by atoms with Crippen LogP contribution >= 0.6 is 0 Å². The highest BCUT2D eigenvalue weighted by molar-refractivity contribution is 6.30. The summed E-state index contributed by atoms with van der Waals surface area (Å²) in [6.45, 7) is -0.519. The van der Waals surface area contributed by atoms with E-state index >= 15 is 0 Å². The number of ketones is 2. The van der Waals surface area contributed by atoms with Crippen molar-refractivity contribution >= 4 is 23.2 Å². The van der Waals surface area contributed by atoms with Crippen LogP contribution in [0.5, 0.6) is 0 Å². The lowest BCUT2D eigenvalue weighted by Crippen LogP contribution is -2.24. The molecule has 0 radical (unpaired) electrons. The van der Waals surface area contributed by atoms with Gasteiger partial charge < -0.3 is 10.5 Å². The van der Waals surface area contributed by atoms with Crippen LogP contribution in [-0.2, 0) is 11.3 Å². The number of carbonyl (C=O) groups excluding carboxylic acids is 3. The monoisotopic (exact) mass is 393 g/mol. The molecule has 0 heterocycles. The molecule has 29 heavy (non-hydrogen) atoms. The van der Waals surface area contributed by atoms with Crippen molar-refractivity contribution in [2.45, 2.75) is 6.61 Å². The molecule has 0 fully saturated rings. The second kappa shape index (κ2) is 6.94. The molecule has 3 aromatic carbocycles. The Labute approximate surface area is 163 Å². The van der Waals surface area contributed by atoms with Crippen LogP contribution in [0.4, 0.5) is 14.5 Å². The predicted octanol–water partition coefficient (Wildman–Crippen LogP) is 3.68. The minimum Gasteiger partial charge on any atom is -0.457 e. The van der Waals surface area contributed by atoms with Crippen molar-refractivity contribution in [1.82, 2.24) is 0 Å². The topological polar surface area (TPSA) is 86.5 Å². The van der Waals surface area contributed by atoms with Crippen molar-refractivity contribution in [3.63, 3.8) is 0 Å². The van der Waals surface area contributed by atoms with E-state index in [1.165, 1.54) is 30.3 Å². The van der Waals surface area contributed by atoms with Crippen molar-refractivity contribution in [1.29, 1.82) is 0 Å². The average Bonchev–Trinajstić information content (AvgIpc) is 2.72. The largest absolute Gasteiger partial charge is 0.457 e. The number of halogens is 2. The van der Waals surface area contributed by atoms with E-state index in [1.54, 1.807) is 18.2 Å². The Balaban J connectivity index is 1.67. The minimum absolute atomic E-state index is 0.0694. The lowest BCUT2D eigenvalue weighted by molar-refractivity contribution is 0.0469. The molecule has 3 aromatic rings. The van der Waals surface area contributed by atoms with Gasteiger partial charge in [-0.2, -0.15) is 0 Å². The van der Waals surface area contributed by atoms with E-state index in [9.17, 15) is 23.2 Å². The zero-order valence-electron chi connectivity index (χ0n) is 14.9. The molecule has 5 nitrogen and oxygen atoms in total. The lowest BCUT2D eigenvalue weighted by Gasteiger charge is -2.20. The van der Waals surface area contributed by atoms with Crippen LogP contribution < -0.4 is 5.73 Å². The fourth-order valence-electron chi connectivity index (χ4n) is 3.27. The van der Waals surface area contributed by atoms with Gasteiger partial charge in [-0.3, -0.25) is 9.59 Å². The summed E-state index contributed by atoms with van der Waals surface area (Å²) in [6, 6.07) is 12.4. The van der Waals surface area contributed by atoms with E-state index < -0.39 is 30.0 Å². The third-order valence-corrected chi connectivity index (χ3v) is 4.74. The number of rotatable bonds is 3. The molecule has 1 aliphatic carbocycles.